The van der Waals surface area contributed by atoms with Crippen LogP contribution < -0.4 is 14.2 Å². The van der Waals surface area contributed by atoms with Gasteiger partial charge in [0.1, 0.15) is 11.5 Å². The van der Waals surface area contributed by atoms with Crippen LogP contribution in [0, 0.1) is 0 Å². The summed E-state index contributed by atoms with van der Waals surface area (Å²) in [7, 11) is 0. The van der Waals surface area contributed by atoms with Crippen molar-refractivity contribution in [3.05, 3.63) is 59.2 Å². The Morgan fingerprint density at radius 2 is 1.49 bits per heavy atom. The largest absolute Gasteiger partial charge is 0.507 e. The van der Waals surface area contributed by atoms with Crippen LogP contribution in [0.4, 0.5) is 0 Å². The molecule has 37 heavy (non-hydrogen) atoms. The first-order chi connectivity index (χ1) is 17.9. The Kier molecular flexibility index (Phi) is 9.97. The molecule has 0 saturated carbocycles. The van der Waals surface area contributed by atoms with E-state index in [1.54, 1.807) is 41.3 Å². The van der Waals surface area contributed by atoms with Gasteiger partial charge in [0.05, 0.1) is 31.4 Å². The highest BCUT2D eigenvalue weighted by atomic mass is 16.5. The first kappa shape index (κ1) is 28.1. The molecule has 1 amide bonds. The van der Waals surface area contributed by atoms with Crippen LogP contribution in [-0.4, -0.2) is 72.6 Å². The van der Waals surface area contributed by atoms with E-state index in [4.69, 9.17) is 14.2 Å². The molecule has 0 radical (unpaired) electrons. The lowest BCUT2D eigenvalue weighted by Crippen LogP contribution is -2.38. The Labute approximate surface area is 219 Å². The van der Waals surface area contributed by atoms with Crippen LogP contribution in [0.1, 0.15) is 51.8 Å². The highest BCUT2D eigenvalue weighted by molar-refractivity contribution is 6.46. The van der Waals surface area contributed by atoms with Crippen LogP contribution in [-0.2, 0) is 9.59 Å². The minimum Gasteiger partial charge on any atom is -0.507 e. The first-order valence-corrected chi connectivity index (χ1v) is 13.0. The highest BCUT2D eigenvalue weighted by Gasteiger charge is 2.46. The van der Waals surface area contributed by atoms with Gasteiger partial charge >= 0.3 is 0 Å². The molecule has 1 aliphatic heterocycles. The second-order valence-corrected chi connectivity index (χ2v) is 8.55. The predicted molar refractivity (Wildman–Crippen MR) is 143 cm³/mol. The number of amides is 1. The lowest BCUT2D eigenvalue weighted by molar-refractivity contribution is -0.140. The number of ketones is 1. The quantitative estimate of drug-likeness (QED) is 0.238. The van der Waals surface area contributed by atoms with Gasteiger partial charge in [0.25, 0.3) is 11.7 Å². The molecule has 2 aromatic carbocycles. The molecule has 1 atom stereocenters. The maximum Gasteiger partial charge on any atom is 0.295 e. The Hall–Kier alpha value is -3.52. The number of benzene rings is 2. The molecule has 0 spiro atoms. The van der Waals surface area contributed by atoms with E-state index < -0.39 is 17.7 Å². The lowest BCUT2D eigenvalue weighted by atomic mass is 9.95. The van der Waals surface area contributed by atoms with Gasteiger partial charge in [-0.2, -0.15) is 0 Å². The predicted octanol–water partition coefficient (Wildman–Crippen LogP) is 4.65. The van der Waals surface area contributed by atoms with Gasteiger partial charge in [-0.1, -0.05) is 19.9 Å². The Bertz CT molecular complexity index is 1110. The van der Waals surface area contributed by atoms with Crippen molar-refractivity contribution in [1.82, 2.24) is 9.80 Å². The molecule has 1 heterocycles. The topological polar surface area (TPSA) is 88.5 Å². The van der Waals surface area contributed by atoms with Crippen LogP contribution >= 0.6 is 0 Å². The Morgan fingerprint density at radius 1 is 0.865 bits per heavy atom. The number of ether oxygens (including phenoxy) is 3. The van der Waals surface area contributed by atoms with Gasteiger partial charge in [0.15, 0.2) is 11.5 Å². The van der Waals surface area contributed by atoms with Gasteiger partial charge in [-0.15, -0.1) is 0 Å². The van der Waals surface area contributed by atoms with Crippen LogP contribution in [0.2, 0.25) is 0 Å². The molecule has 1 fully saturated rings. The summed E-state index contributed by atoms with van der Waals surface area (Å²) in [4.78, 5) is 30.4. The molecule has 1 N–H and O–H groups in total. The third-order valence-electron chi connectivity index (χ3n) is 6.41. The summed E-state index contributed by atoms with van der Waals surface area (Å²) in [6.07, 6.45) is 0. The van der Waals surface area contributed by atoms with Gasteiger partial charge in [-0.05, 0) is 75.8 Å². The van der Waals surface area contributed by atoms with E-state index in [1.807, 2.05) is 26.8 Å². The average Bonchev–Trinajstić information content (AvgIpc) is 3.16. The highest BCUT2D eigenvalue weighted by Crippen LogP contribution is 2.42. The third-order valence-corrected chi connectivity index (χ3v) is 6.41. The van der Waals surface area contributed by atoms with E-state index >= 15 is 0 Å². The number of hydrogen-bond acceptors (Lipinski definition) is 7. The molecule has 8 nitrogen and oxygen atoms in total. The van der Waals surface area contributed by atoms with E-state index in [2.05, 4.69) is 18.7 Å². The molecule has 0 unspecified atom stereocenters. The summed E-state index contributed by atoms with van der Waals surface area (Å²) in [5.41, 5.74) is 1.16. The molecule has 0 bridgehead atoms. The maximum atomic E-state index is 13.3. The average molecular weight is 511 g/mol. The molecule has 200 valence electrons. The summed E-state index contributed by atoms with van der Waals surface area (Å²) in [5, 5.41) is 11.3. The number of aliphatic hydroxyl groups excluding tert-OH is 1. The molecular formula is C29H38N2O6. The Balaban J connectivity index is 2.13. The number of hydrogen-bond donors (Lipinski definition) is 1. The van der Waals surface area contributed by atoms with Crippen molar-refractivity contribution in [2.45, 2.75) is 40.7 Å². The number of likely N-dealkylation sites (N-methyl/N-ethyl adjacent to an activating group) is 1. The van der Waals surface area contributed by atoms with Crippen LogP contribution in [0.15, 0.2) is 48.0 Å². The fraction of sp³-hybridized carbons (Fsp3) is 0.448. The van der Waals surface area contributed by atoms with Crippen molar-refractivity contribution in [3.63, 3.8) is 0 Å². The van der Waals surface area contributed by atoms with Gasteiger partial charge in [0.2, 0.25) is 0 Å². The van der Waals surface area contributed by atoms with E-state index in [9.17, 15) is 14.7 Å². The monoisotopic (exact) mass is 510 g/mol. The minimum absolute atomic E-state index is 0.0558. The number of Topliss-reactive ketones (excluding diaryl/α,β-unsaturated/α-hetero) is 1. The van der Waals surface area contributed by atoms with Gasteiger partial charge in [0, 0.05) is 18.7 Å². The molecule has 0 aliphatic carbocycles. The summed E-state index contributed by atoms with van der Waals surface area (Å²) in [5.74, 6) is 0.211. The molecule has 2 aromatic rings. The van der Waals surface area contributed by atoms with Gasteiger partial charge in [-0.25, -0.2) is 0 Å². The zero-order valence-corrected chi connectivity index (χ0v) is 22.5. The molecule has 1 saturated heterocycles. The lowest BCUT2D eigenvalue weighted by Gasteiger charge is -2.28. The van der Waals surface area contributed by atoms with Gasteiger partial charge in [-0.3, -0.25) is 9.59 Å². The standard InChI is InChI=1S/C29H38N2O6/c1-6-30(7-2)17-18-31-26(21-13-16-23(36-9-4)24(19-21)37-10-5)25(28(33)29(31)34)27(32)20-11-14-22(15-12-20)35-8-3/h11-16,19,26,32H,6-10,17-18H2,1-5H3/t26-/m0/s1. The zero-order valence-electron chi connectivity index (χ0n) is 22.5. The molecule has 1 aliphatic rings. The van der Waals surface area contributed by atoms with E-state index in [0.29, 0.717) is 61.3 Å². The fourth-order valence-corrected chi connectivity index (χ4v) is 4.52. The molecular weight excluding hydrogens is 472 g/mol. The van der Waals surface area contributed by atoms with Crippen molar-refractivity contribution in [2.75, 3.05) is 46.0 Å². The minimum atomic E-state index is -0.767. The second kappa shape index (κ2) is 13.1. The summed E-state index contributed by atoms with van der Waals surface area (Å²) < 4.78 is 17.0. The van der Waals surface area contributed by atoms with E-state index in [0.717, 1.165) is 13.1 Å². The summed E-state index contributed by atoms with van der Waals surface area (Å²) in [6.45, 7) is 13.8. The second-order valence-electron chi connectivity index (χ2n) is 8.55. The number of likely N-dealkylation sites (tertiary alicyclic amines) is 1. The zero-order chi connectivity index (χ0) is 26.9. The first-order valence-electron chi connectivity index (χ1n) is 13.0. The van der Waals surface area contributed by atoms with Crippen molar-refractivity contribution >= 4 is 17.4 Å². The molecule has 0 aromatic heterocycles. The van der Waals surface area contributed by atoms with E-state index in [-0.39, 0.29) is 11.3 Å². The van der Waals surface area contributed by atoms with Gasteiger partial charge < -0.3 is 29.1 Å². The summed E-state index contributed by atoms with van der Waals surface area (Å²) >= 11 is 0. The third kappa shape index (κ3) is 6.25. The Morgan fingerprint density at radius 3 is 2.08 bits per heavy atom. The molecule has 3 rings (SSSR count). The number of carbonyl (C=O) groups is 2. The summed E-state index contributed by atoms with van der Waals surface area (Å²) in [6, 6.07) is 11.5. The molecule has 8 heteroatoms. The number of nitrogens with zero attached hydrogens (tertiary/aromatic N) is 2. The van der Waals surface area contributed by atoms with Crippen molar-refractivity contribution in [2.24, 2.45) is 0 Å². The number of carbonyl (C=O) groups excluding carboxylic acids is 2. The van der Waals surface area contributed by atoms with Crippen molar-refractivity contribution < 1.29 is 28.9 Å². The normalized spacial score (nSPS) is 16.9. The van der Waals surface area contributed by atoms with Crippen LogP contribution in [0.25, 0.3) is 5.76 Å². The van der Waals surface area contributed by atoms with E-state index in [1.165, 1.54) is 0 Å². The van der Waals surface area contributed by atoms with Crippen molar-refractivity contribution in [3.8, 4) is 17.2 Å². The number of rotatable bonds is 13. The fourth-order valence-electron chi connectivity index (χ4n) is 4.52. The smallest absolute Gasteiger partial charge is 0.295 e. The number of aliphatic hydroxyl groups is 1. The van der Waals surface area contributed by atoms with Crippen LogP contribution in [0.3, 0.4) is 0 Å². The van der Waals surface area contributed by atoms with Crippen LogP contribution in [0.5, 0.6) is 17.2 Å². The SMILES string of the molecule is CCOc1ccc(C(O)=C2C(=O)C(=O)N(CCN(CC)CC)[C@H]2c2ccc(OCC)c(OCC)c2)cc1. The maximum absolute atomic E-state index is 13.3. The van der Waals surface area contributed by atoms with Crippen molar-refractivity contribution in [1.29, 1.82) is 0 Å².